The molecule has 2 aromatic rings. The Hall–Kier alpha value is -2.27. The van der Waals surface area contributed by atoms with Gasteiger partial charge in [-0.2, -0.15) is 0 Å². The summed E-state index contributed by atoms with van der Waals surface area (Å²) in [5.41, 5.74) is 2.66. The lowest BCUT2D eigenvalue weighted by Crippen LogP contribution is -2.38. The Morgan fingerprint density at radius 2 is 1.65 bits per heavy atom. The zero-order valence-electron chi connectivity index (χ0n) is 16.4. The third-order valence-corrected chi connectivity index (χ3v) is 4.49. The quantitative estimate of drug-likeness (QED) is 0.508. The molecular weight excluding hydrogens is 322 g/mol. The van der Waals surface area contributed by atoms with Gasteiger partial charge in [0.05, 0.1) is 6.54 Å². The Bertz CT molecular complexity index is 644. The molecule has 1 aromatic heterocycles. The number of rotatable bonds is 10. The first-order chi connectivity index (χ1) is 12.8. The predicted molar refractivity (Wildman–Crippen MR) is 110 cm³/mol. The molecule has 5 nitrogen and oxygen atoms in total. The molecule has 1 heterocycles. The summed E-state index contributed by atoms with van der Waals surface area (Å²) in [6.07, 6.45) is 4.16. The van der Waals surface area contributed by atoms with Crippen molar-refractivity contribution >= 4 is 5.96 Å². The zero-order valence-corrected chi connectivity index (χ0v) is 16.4. The summed E-state index contributed by atoms with van der Waals surface area (Å²) in [7, 11) is 0. The average Bonchev–Trinajstić information content (AvgIpc) is 3.18. The fraction of sp³-hybridized carbons (Fsp3) is 0.476. The van der Waals surface area contributed by atoms with Crippen molar-refractivity contribution in [3.05, 3.63) is 59.9 Å². The van der Waals surface area contributed by atoms with E-state index in [1.54, 1.807) is 0 Å². The first kappa shape index (κ1) is 20.0. The number of hydrogen-bond acceptors (Lipinski definition) is 2. The van der Waals surface area contributed by atoms with E-state index in [4.69, 9.17) is 4.99 Å². The molecule has 0 aliphatic heterocycles. The summed E-state index contributed by atoms with van der Waals surface area (Å²) in [5, 5.41) is 6.75. The molecule has 0 fully saturated rings. The maximum Gasteiger partial charge on any atom is 0.191 e. The van der Waals surface area contributed by atoms with E-state index < -0.39 is 0 Å². The number of nitrogens with zero attached hydrogens (tertiary/aromatic N) is 3. The van der Waals surface area contributed by atoms with Crippen LogP contribution in [0.1, 0.15) is 31.9 Å². The molecule has 26 heavy (non-hydrogen) atoms. The molecule has 2 rings (SSSR count). The van der Waals surface area contributed by atoms with Gasteiger partial charge in [-0.3, -0.25) is 4.90 Å². The monoisotopic (exact) mass is 355 g/mol. The van der Waals surface area contributed by atoms with E-state index >= 15 is 0 Å². The lowest BCUT2D eigenvalue weighted by Gasteiger charge is -2.20. The van der Waals surface area contributed by atoms with Crippen LogP contribution in [0.2, 0.25) is 0 Å². The normalized spacial score (nSPS) is 11.8. The fourth-order valence-electron chi connectivity index (χ4n) is 2.88. The molecule has 0 radical (unpaired) electrons. The minimum atomic E-state index is 0.691. The van der Waals surface area contributed by atoms with Gasteiger partial charge in [0.15, 0.2) is 5.96 Å². The van der Waals surface area contributed by atoms with Gasteiger partial charge in [0, 0.05) is 38.6 Å². The summed E-state index contributed by atoms with van der Waals surface area (Å²) < 4.78 is 2.16. The number of hydrogen-bond donors (Lipinski definition) is 2. The number of nitrogens with one attached hydrogen (secondary N) is 2. The Morgan fingerprint density at radius 3 is 2.31 bits per heavy atom. The van der Waals surface area contributed by atoms with Gasteiger partial charge in [-0.1, -0.05) is 38.1 Å². The third-order valence-electron chi connectivity index (χ3n) is 4.49. The molecule has 0 amide bonds. The molecule has 0 bridgehead atoms. The van der Waals surface area contributed by atoms with E-state index in [1.807, 2.05) is 12.1 Å². The molecule has 0 atom stereocenters. The highest BCUT2D eigenvalue weighted by Gasteiger charge is 2.06. The minimum absolute atomic E-state index is 0.691. The first-order valence-electron chi connectivity index (χ1n) is 9.68. The Balaban J connectivity index is 1.97. The van der Waals surface area contributed by atoms with Crippen molar-refractivity contribution in [1.29, 1.82) is 0 Å². The van der Waals surface area contributed by atoms with Crippen LogP contribution in [0.25, 0.3) is 0 Å². The van der Waals surface area contributed by atoms with Crippen LogP contribution in [-0.2, 0) is 19.6 Å². The van der Waals surface area contributed by atoms with Gasteiger partial charge in [0.2, 0.25) is 0 Å². The Kier molecular flexibility index (Phi) is 8.76. The maximum atomic E-state index is 4.79. The van der Waals surface area contributed by atoms with Gasteiger partial charge in [0.1, 0.15) is 0 Å². The van der Waals surface area contributed by atoms with Crippen LogP contribution in [-0.4, -0.2) is 41.6 Å². The molecule has 142 valence electrons. The van der Waals surface area contributed by atoms with Crippen molar-refractivity contribution in [2.24, 2.45) is 4.99 Å². The second-order valence-corrected chi connectivity index (χ2v) is 6.27. The van der Waals surface area contributed by atoms with E-state index in [0.29, 0.717) is 6.54 Å². The smallest absolute Gasteiger partial charge is 0.191 e. The van der Waals surface area contributed by atoms with Crippen molar-refractivity contribution < 1.29 is 0 Å². The molecule has 0 aliphatic carbocycles. The zero-order chi connectivity index (χ0) is 18.6. The van der Waals surface area contributed by atoms with Gasteiger partial charge >= 0.3 is 0 Å². The summed E-state index contributed by atoms with van der Waals surface area (Å²) in [6, 6.07) is 12.7. The third kappa shape index (κ3) is 6.56. The SMILES string of the molecule is CCNC(=NCc1ccccc1CN(CC)CC)NCCn1cccc1. The van der Waals surface area contributed by atoms with Crippen molar-refractivity contribution in [3.63, 3.8) is 0 Å². The van der Waals surface area contributed by atoms with Gasteiger partial charge in [-0.25, -0.2) is 4.99 Å². The predicted octanol–water partition coefficient (Wildman–Crippen LogP) is 3.09. The second-order valence-electron chi connectivity index (χ2n) is 6.27. The molecule has 0 unspecified atom stereocenters. The van der Waals surface area contributed by atoms with Gasteiger partial charge in [-0.15, -0.1) is 0 Å². The topological polar surface area (TPSA) is 44.6 Å². The highest BCUT2D eigenvalue weighted by Crippen LogP contribution is 2.13. The highest BCUT2D eigenvalue weighted by atomic mass is 15.2. The van der Waals surface area contributed by atoms with Crippen LogP contribution >= 0.6 is 0 Å². The molecule has 0 saturated heterocycles. The van der Waals surface area contributed by atoms with Crippen molar-refractivity contribution in [2.45, 2.75) is 40.4 Å². The van der Waals surface area contributed by atoms with Crippen molar-refractivity contribution in [2.75, 3.05) is 26.2 Å². The molecule has 2 N–H and O–H groups in total. The number of guanidine groups is 1. The van der Waals surface area contributed by atoms with E-state index in [2.05, 4.69) is 77.5 Å². The fourth-order valence-corrected chi connectivity index (χ4v) is 2.88. The molecule has 5 heteroatoms. The molecular formula is C21H33N5. The summed E-state index contributed by atoms with van der Waals surface area (Å²) in [5.74, 6) is 0.872. The van der Waals surface area contributed by atoms with E-state index in [-0.39, 0.29) is 0 Å². The van der Waals surface area contributed by atoms with E-state index in [9.17, 15) is 0 Å². The van der Waals surface area contributed by atoms with E-state index in [0.717, 1.165) is 45.2 Å². The average molecular weight is 356 g/mol. The lowest BCUT2D eigenvalue weighted by molar-refractivity contribution is 0.295. The molecule has 0 spiro atoms. The Morgan fingerprint density at radius 1 is 0.962 bits per heavy atom. The Labute approximate surface area is 158 Å². The van der Waals surface area contributed by atoms with Crippen LogP contribution in [0.15, 0.2) is 53.8 Å². The van der Waals surface area contributed by atoms with Crippen LogP contribution in [0.4, 0.5) is 0 Å². The first-order valence-corrected chi connectivity index (χ1v) is 9.68. The van der Waals surface area contributed by atoms with Gasteiger partial charge in [0.25, 0.3) is 0 Å². The standard InChI is InChI=1S/C21H33N5/c1-4-22-21(23-13-16-26-14-9-10-15-26)24-17-19-11-7-8-12-20(19)18-25(5-2)6-3/h7-12,14-15H,4-6,13,16-18H2,1-3H3,(H2,22,23,24). The number of aliphatic imine (C=N–C) groups is 1. The summed E-state index contributed by atoms with van der Waals surface area (Å²) in [4.78, 5) is 7.22. The minimum Gasteiger partial charge on any atom is -0.357 e. The van der Waals surface area contributed by atoms with Crippen LogP contribution < -0.4 is 10.6 Å². The van der Waals surface area contributed by atoms with Gasteiger partial charge in [-0.05, 0) is 43.3 Å². The molecule has 1 aromatic carbocycles. The van der Waals surface area contributed by atoms with Gasteiger partial charge < -0.3 is 15.2 Å². The lowest BCUT2D eigenvalue weighted by atomic mass is 10.1. The second kappa shape index (κ2) is 11.4. The van der Waals surface area contributed by atoms with Crippen LogP contribution in [0, 0.1) is 0 Å². The van der Waals surface area contributed by atoms with Crippen molar-refractivity contribution in [3.8, 4) is 0 Å². The number of aromatic nitrogens is 1. The molecule has 0 saturated carbocycles. The summed E-state index contributed by atoms with van der Waals surface area (Å²) in [6.45, 7) is 13.0. The van der Waals surface area contributed by atoms with E-state index in [1.165, 1.54) is 11.1 Å². The molecule has 0 aliphatic rings. The van der Waals surface area contributed by atoms with Crippen molar-refractivity contribution in [1.82, 2.24) is 20.1 Å². The highest BCUT2D eigenvalue weighted by molar-refractivity contribution is 5.79. The number of benzene rings is 1. The summed E-state index contributed by atoms with van der Waals surface area (Å²) >= 11 is 0. The largest absolute Gasteiger partial charge is 0.357 e. The van der Waals surface area contributed by atoms with Crippen LogP contribution in [0.3, 0.4) is 0 Å². The van der Waals surface area contributed by atoms with Crippen LogP contribution in [0.5, 0.6) is 0 Å². The maximum absolute atomic E-state index is 4.79.